The van der Waals surface area contributed by atoms with Gasteiger partial charge in [0.15, 0.2) is 0 Å². The van der Waals surface area contributed by atoms with Gasteiger partial charge in [-0.3, -0.25) is 0 Å². The molecule has 0 spiro atoms. The molecule has 0 heterocycles. The highest BCUT2D eigenvalue weighted by Gasteiger charge is 2.19. The average molecular weight is 232 g/mol. The number of rotatable bonds is 1. The second-order valence-electron chi connectivity index (χ2n) is 4.44. The van der Waals surface area contributed by atoms with Crippen LogP contribution in [-0.2, 0) is 12.8 Å². The van der Waals surface area contributed by atoms with E-state index in [0.717, 1.165) is 17.9 Å². The molecule has 82 valence electrons. The molecular formula is C14H14ClN. The molecule has 1 atom stereocenters. The third kappa shape index (κ3) is 1.43. The van der Waals surface area contributed by atoms with Crippen LogP contribution in [-0.4, -0.2) is 13.1 Å². The van der Waals surface area contributed by atoms with Gasteiger partial charge in [0.25, 0.3) is 0 Å². The van der Waals surface area contributed by atoms with Crippen LogP contribution in [0.2, 0.25) is 5.02 Å². The molecule has 1 unspecified atom stereocenters. The van der Waals surface area contributed by atoms with Gasteiger partial charge in [-0.1, -0.05) is 35.9 Å². The molecule has 2 aromatic carbocycles. The van der Waals surface area contributed by atoms with Gasteiger partial charge in [-0.05, 0) is 42.5 Å². The highest BCUT2D eigenvalue weighted by molar-refractivity contribution is 6.35. The Labute approximate surface area is 100 Å². The molecule has 0 radical (unpaired) electrons. The van der Waals surface area contributed by atoms with E-state index in [2.05, 4.69) is 29.6 Å². The first-order valence-corrected chi connectivity index (χ1v) is 6.03. The van der Waals surface area contributed by atoms with Gasteiger partial charge in [-0.2, -0.15) is 0 Å². The summed E-state index contributed by atoms with van der Waals surface area (Å²) >= 11 is 6.24. The van der Waals surface area contributed by atoms with Crippen molar-refractivity contribution in [1.29, 1.82) is 0 Å². The van der Waals surface area contributed by atoms with Crippen LogP contribution < -0.4 is 5.32 Å². The van der Waals surface area contributed by atoms with Crippen molar-refractivity contribution in [2.75, 3.05) is 7.05 Å². The van der Waals surface area contributed by atoms with E-state index in [1.807, 2.05) is 13.1 Å². The first kappa shape index (κ1) is 10.1. The number of nitrogens with one attached hydrogen (secondary N) is 1. The molecule has 0 amide bonds. The monoisotopic (exact) mass is 231 g/mol. The molecule has 1 aliphatic carbocycles. The molecule has 2 aromatic rings. The van der Waals surface area contributed by atoms with Gasteiger partial charge in [0.05, 0.1) is 0 Å². The van der Waals surface area contributed by atoms with Crippen molar-refractivity contribution < 1.29 is 0 Å². The molecular weight excluding hydrogens is 218 g/mol. The minimum atomic E-state index is 0.555. The molecule has 1 aliphatic rings. The summed E-state index contributed by atoms with van der Waals surface area (Å²) in [5, 5.41) is 6.81. The fourth-order valence-corrected chi connectivity index (χ4v) is 2.89. The predicted molar refractivity (Wildman–Crippen MR) is 69.2 cm³/mol. The van der Waals surface area contributed by atoms with Crippen molar-refractivity contribution in [1.82, 2.24) is 5.32 Å². The van der Waals surface area contributed by atoms with Crippen molar-refractivity contribution in [3.05, 3.63) is 46.5 Å². The number of halogens is 1. The van der Waals surface area contributed by atoms with Crippen molar-refractivity contribution in [2.24, 2.45) is 0 Å². The third-order valence-corrected chi connectivity index (χ3v) is 3.83. The fourth-order valence-electron chi connectivity index (χ4n) is 2.67. The lowest BCUT2D eigenvalue weighted by molar-refractivity contribution is 0.551. The first-order chi connectivity index (χ1) is 7.79. The Bertz CT molecular complexity index is 535. The smallest absolute Gasteiger partial charge is 0.0484 e. The van der Waals surface area contributed by atoms with E-state index in [1.165, 1.54) is 21.9 Å². The van der Waals surface area contributed by atoms with E-state index in [1.54, 1.807) is 0 Å². The Hall–Kier alpha value is -1.05. The number of benzene rings is 2. The predicted octanol–water partition coefficient (Wildman–Crippen LogP) is 3.18. The molecule has 2 heteroatoms. The van der Waals surface area contributed by atoms with E-state index in [4.69, 9.17) is 11.6 Å². The van der Waals surface area contributed by atoms with Gasteiger partial charge < -0.3 is 5.32 Å². The zero-order chi connectivity index (χ0) is 11.1. The lowest BCUT2D eigenvalue weighted by Gasteiger charge is -2.25. The Balaban J connectivity index is 2.30. The number of likely N-dealkylation sites (N-methyl/N-ethyl adjacent to an activating group) is 1. The summed E-state index contributed by atoms with van der Waals surface area (Å²) in [4.78, 5) is 0. The molecule has 0 saturated carbocycles. The molecule has 1 nitrogen and oxygen atoms in total. The van der Waals surface area contributed by atoms with Crippen LogP contribution in [0.15, 0.2) is 30.3 Å². The molecule has 3 rings (SSSR count). The summed E-state index contributed by atoms with van der Waals surface area (Å²) < 4.78 is 0. The summed E-state index contributed by atoms with van der Waals surface area (Å²) in [6.45, 7) is 0. The van der Waals surface area contributed by atoms with E-state index >= 15 is 0 Å². The van der Waals surface area contributed by atoms with Crippen molar-refractivity contribution in [2.45, 2.75) is 18.9 Å². The Morgan fingerprint density at radius 3 is 2.62 bits per heavy atom. The van der Waals surface area contributed by atoms with Crippen LogP contribution in [0.25, 0.3) is 10.8 Å². The standard InChI is InChI=1S/C14H14ClN/c1-16-11-7-9-3-2-4-12-13(15)6-5-10(8-11)14(9)12/h2-6,11,16H,7-8H2,1H3. The summed E-state index contributed by atoms with van der Waals surface area (Å²) in [6.07, 6.45) is 2.20. The zero-order valence-electron chi connectivity index (χ0n) is 9.26. The van der Waals surface area contributed by atoms with E-state index in [9.17, 15) is 0 Å². The summed E-state index contributed by atoms with van der Waals surface area (Å²) in [6, 6.07) is 11.2. The molecule has 0 aliphatic heterocycles. The second kappa shape index (κ2) is 3.76. The maximum absolute atomic E-state index is 6.24. The van der Waals surface area contributed by atoms with Gasteiger partial charge >= 0.3 is 0 Å². The molecule has 1 N–H and O–H groups in total. The van der Waals surface area contributed by atoms with Gasteiger partial charge in [0, 0.05) is 16.5 Å². The summed E-state index contributed by atoms with van der Waals surface area (Å²) in [5.74, 6) is 0. The minimum Gasteiger partial charge on any atom is -0.316 e. The molecule has 0 fully saturated rings. The second-order valence-corrected chi connectivity index (χ2v) is 4.85. The van der Waals surface area contributed by atoms with Gasteiger partial charge in [0.1, 0.15) is 0 Å². The van der Waals surface area contributed by atoms with Crippen LogP contribution in [0.4, 0.5) is 0 Å². The summed E-state index contributed by atoms with van der Waals surface area (Å²) in [5.41, 5.74) is 2.83. The minimum absolute atomic E-state index is 0.555. The van der Waals surface area contributed by atoms with Crippen LogP contribution in [0, 0.1) is 0 Å². The van der Waals surface area contributed by atoms with Crippen molar-refractivity contribution >= 4 is 22.4 Å². The van der Waals surface area contributed by atoms with Crippen LogP contribution in [0.5, 0.6) is 0 Å². The zero-order valence-corrected chi connectivity index (χ0v) is 10.0. The maximum Gasteiger partial charge on any atom is 0.0484 e. The normalized spacial score (nSPS) is 19.0. The van der Waals surface area contributed by atoms with Crippen molar-refractivity contribution in [3.8, 4) is 0 Å². The Kier molecular flexibility index (Phi) is 2.38. The lowest BCUT2D eigenvalue weighted by atomic mass is 9.86. The van der Waals surface area contributed by atoms with E-state index in [-0.39, 0.29) is 0 Å². The average Bonchev–Trinajstić information content (AvgIpc) is 2.33. The van der Waals surface area contributed by atoms with E-state index < -0.39 is 0 Å². The molecule has 0 bridgehead atoms. The largest absolute Gasteiger partial charge is 0.316 e. The van der Waals surface area contributed by atoms with Gasteiger partial charge in [0.2, 0.25) is 0 Å². The van der Waals surface area contributed by atoms with E-state index in [0.29, 0.717) is 6.04 Å². The Morgan fingerprint density at radius 1 is 1.12 bits per heavy atom. The third-order valence-electron chi connectivity index (χ3n) is 3.50. The van der Waals surface area contributed by atoms with Crippen LogP contribution >= 0.6 is 11.6 Å². The highest BCUT2D eigenvalue weighted by atomic mass is 35.5. The van der Waals surface area contributed by atoms with Crippen molar-refractivity contribution in [3.63, 3.8) is 0 Å². The van der Waals surface area contributed by atoms with Gasteiger partial charge in [-0.25, -0.2) is 0 Å². The topological polar surface area (TPSA) is 12.0 Å². The molecule has 0 aromatic heterocycles. The first-order valence-electron chi connectivity index (χ1n) is 5.66. The number of hydrogen-bond acceptors (Lipinski definition) is 1. The quantitative estimate of drug-likeness (QED) is 0.795. The number of hydrogen-bond donors (Lipinski definition) is 1. The highest BCUT2D eigenvalue weighted by Crippen LogP contribution is 2.33. The molecule has 16 heavy (non-hydrogen) atoms. The summed E-state index contributed by atoms with van der Waals surface area (Å²) in [7, 11) is 2.03. The van der Waals surface area contributed by atoms with Crippen LogP contribution in [0.1, 0.15) is 11.1 Å². The van der Waals surface area contributed by atoms with Crippen LogP contribution in [0.3, 0.4) is 0 Å². The lowest BCUT2D eigenvalue weighted by Crippen LogP contribution is -2.32. The molecule has 0 saturated heterocycles. The van der Waals surface area contributed by atoms with Gasteiger partial charge in [-0.15, -0.1) is 0 Å². The fraction of sp³-hybridized carbons (Fsp3) is 0.286. The Morgan fingerprint density at radius 2 is 1.88 bits per heavy atom. The SMILES string of the molecule is CNC1Cc2cccc3c(Cl)ccc(c23)C1. The maximum atomic E-state index is 6.24.